The van der Waals surface area contributed by atoms with Crippen molar-refractivity contribution in [2.45, 2.75) is 12.8 Å². The molecule has 2 rings (SSSR count). The van der Waals surface area contributed by atoms with E-state index >= 15 is 0 Å². The molecule has 1 fully saturated rings. The summed E-state index contributed by atoms with van der Waals surface area (Å²) in [4.78, 5) is 15.4. The molecule has 0 radical (unpaired) electrons. The fourth-order valence-corrected chi connectivity index (χ4v) is 1.54. The summed E-state index contributed by atoms with van der Waals surface area (Å²) in [5.41, 5.74) is 0. The van der Waals surface area contributed by atoms with Crippen molar-refractivity contribution in [1.82, 2.24) is 10.3 Å². The Morgan fingerprint density at radius 3 is 2.94 bits per heavy atom. The molecule has 0 saturated heterocycles. The molecule has 16 heavy (non-hydrogen) atoms. The summed E-state index contributed by atoms with van der Waals surface area (Å²) in [7, 11) is 0. The average molecular weight is 240 g/mol. The van der Waals surface area contributed by atoms with Crippen LogP contribution in [-0.4, -0.2) is 24.0 Å². The lowest BCUT2D eigenvalue weighted by Gasteiger charge is -2.06. The number of hydrogen-bond donors (Lipinski definition) is 2. The van der Waals surface area contributed by atoms with Crippen LogP contribution in [-0.2, 0) is 4.79 Å². The van der Waals surface area contributed by atoms with Gasteiger partial charge in [0.2, 0.25) is 5.91 Å². The van der Waals surface area contributed by atoms with E-state index in [1.807, 2.05) is 12.1 Å². The standard InChI is InChI=1S/C11H14ClN3O/c12-9-2-1-3-10(15-9)13-6-7-14-11(16)8-4-5-8/h1-3,8H,4-7H2,(H,13,15)(H,14,16). The number of anilines is 1. The number of hydrogen-bond acceptors (Lipinski definition) is 3. The van der Waals surface area contributed by atoms with Crippen molar-refractivity contribution in [1.29, 1.82) is 0 Å². The summed E-state index contributed by atoms with van der Waals surface area (Å²) >= 11 is 5.74. The third-order valence-corrected chi connectivity index (χ3v) is 2.60. The number of carbonyl (C=O) groups excluding carboxylic acids is 1. The van der Waals surface area contributed by atoms with E-state index in [-0.39, 0.29) is 11.8 Å². The summed E-state index contributed by atoms with van der Waals surface area (Å²) in [6.07, 6.45) is 2.07. The first-order valence-corrected chi connectivity index (χ1v) is 5.77. The third kappa shape index (κ3) is 3.38. The summed E-state index contributed by atoms with van der Waals surface area (Å²) in [5, 5.41) is 6.42. The highest BCUT2D eigenvalue weighted by atomic mass is 35.5. The van der Waals surface area contributed by atoms with Crippen LogP contribution in [0.25, 0.3) is 0 Å². The molecule has 4 nitrogen and oxygen atoms in total. The SMILES string of the molecule is O=C(NCCNc1cccc(Cl)n1)C1CC1. The summed E-state index contributed by atoms with van der Waals surface area (Å²) in [6.45, 7) is 1.27. The molecule has 0 spiro atoms. The van der Waals surface area contributed by atoms with Gasteiger partial charge in [-0.05, 0) is 25.0 Å². The van der Waals surface area contributed by atoms with E-state index in [1.54, 1.807) is 6.07 Å². The number of nitrogens with zero attached hydrogens (tertiary/aromatic N) is 1. The van der Waals surface area contributed by atoms with Crippen LogP contribution in [0.15, 0.2) is 18.2 Å². The van der Waals surface area contributed by atoms with E-state index in [4.69, 9.17) is 11.6 Å². The zero-order valence-corrected chi connectivity index (χ0v) is 9.63. The zero-order valence-electron chi connectivity index (χ0n) is 8.87. The fourth-order valence-electron chi connectivity index (χ4n) is 1.37. The van der Waals surface area contributed by atoms with Crippen LogP contribution in [0.5, 0.6) is 0 Å². The zero-order chi connectivity index (χ0) is 11.4. The first kappa shape index (κ1) is 11.2. The first-order valence-electron chi connectivity index (χ1n) is 5.40. The van der Waals surface area contributed by atoms with Gasteiger partial charge in [-0.15, -0.1) is 0 Å². The van der Waals surface area contributed by atoms with E-state index in [2.05, 4.69) is 15.6 Å². The van der Waals surface area contributed by atoms with E-state index in [9.17, 15) is 4.79 Å². The molecule has 1 saturated carbocycles. The second kappa shape index (κ2) is 5.16. The average Bonchev–Trinajstić information content (AvgIpc) is 3.08. The molecule has 1 aromatic heterocycles. The van der Waals surface area contributed by atoms with Crippen LogP contribution >= 0.6 is 11.6 Å². The predicted molar refractivity (Wildman–Crippen MR) is 63.5 cm³/mol. The molecule has 0 unspecified atom stereocenters. The predicted octanol–water partition coefficient (Wildman–Crippen LogP) is 1.67. The highest BCUT2D eigenvalue weighted by molar-refractivity contribution is 6.29. The molecule has 1 amide bonds. The smallest absolute Gasteiger partial charge is 0.223 e. The van der Waals surface area contributed by atoms with Gasteiger partial charge in [-0.2, -0.15) is 0 Å². The lowest BCUT2D eigenvalue weighted by molar-refractivity contribution is -0.122. The van der Waals surface area contributed by atoms with E-state index < -0.39 is 0 Å². The monoisotopic (exact) mass is 239 g/mol. The molecule has 86 valence electrons. The van der Waals surface area contributed by atoms with Crippen LogP contribution in [0.1, 0.15) is 12.8 Å². The Morgan fingerprint density at radius 1 is 1.44 bits per heavy atom. The van der Waals surface area contributed by atoms with Gasteiger partial charge in [0.05, 0.1) is 0 Å². The van der Waals surface area contributed by atoms with Crippen molar-refractivity contribution < 1.29 is 4.79 Å². The van der Waals surface area contributed by atoms with Gasteiger partial charge in [-0.25, -0.2) is 4.98 Å². The summed E-state index contributed by atoms with van der Waals surface area (Å²) < 4.78 is 0. The van der Waals surface area contributed by atoms with Crippen LogP contribution in [0.3, 0.4) is 0 Å². The molecule has 1 aromatic rings. The lowest BCUT2D eigenvalue weighted by atomic mass is 10.4. The molecule has 1 aliphatic rings. The van der Waals surface area contributed by atoms with Crippen LogP contribution in [0.2, 0.25) is 5.15 Å². The van der Waals surface area contributed by atoms with Crippen LogP contribution in [0.4, 0.5) is 5.82 Å². The summed E-state index contributed by atoms with van der Waals surface area (Å²) in [5.74, 6) is 1.17. The van der Waals surface area contributed by atoms with E-state index in [1.165, 1.54) is 0 Å². The number of amides is 1. The summed E-state index contributed by atoms with van der Waals surface area (Å²) in [6, 6.07) is 5.40. The Labute approximate surface area is 99.4 Å². The number of nitrogens with one attached hydrogen (secondary N) is 2. The number of halogens is 1. The van der Waals surface area contributed by atoms with Crippen molar-refractivity contribution >= 4 is 23.3 Å². The van der Waals surface area contributed by atoms with Gasteiger partial charge in [0, 0.05) is 19.0 Å². The van der Waals surface area contributed by atoms with Crippen molar-refractivity contribution in [2.24, 2.45) is 5.92 Å². The minimum absolute atomic E-state index is 0.167. The van der Waals surface area contributed by atoms with E-state index in [0.29, 0.717) is 18.2 Å². The number of aromatic nitrogens is 1. The molecule has 1 aliphatic carbocycles. The second-order valence-corrected chi connectivity index (χ2v) is 4.22. The maximum atomic E-state index is 11.3. The van der Waals surface area contributed by atoms with Gasteiger partial charge < -0.3 is 10.6 Å². The van der Waals surface area contributed by atoms with Crippen molar-refractivity contribution in [3.05, 3.63) is 23.4 Å². The van der Waals surface area contributed by atoms with Gasteiger partial charge in [0.1, 0.15) is 11.0 Å². The number of pyridine rings is 1. The van der Waals surface area contributed by atoms with Crippen molar-refractivity contribution in [3.8, 4) is 0 Å². The molecular weight excluding hydrogens is 226 g/mol. The number of rotatable bonds is 5. The second-order valence-electron chi connectivity index (χ2n) is 3.84. The molecule has 0 aliphatic heterocycles. The molecule has 1 heterocycles. The Kier molecular flexibility index (Phi) is 3.62. The Bertz CT molecular complexity index is 379. The number of carbonyl (C=O) groups is 1. The minimum atomic E-state index is 0.167. The quantitative estimate of drug-likeness (QED) is 0.607. The van der Waals surface area contributed by atoms with Gasteiger partial charge in [-0.1, -0.05) is 17.7 Å². The largest absolute Gasteiger partial charge is 0.368 e. The Balaban J connectivity index is 1.65. The van der Waals surface area contributed by atoms with Crippen LogP contribution < -0.4 is 10.6 Å². The van der Waals surface area contributed by atoms with Crippen LogP contribution in [0, 0.1) is 5.92 Å². The topological polar surface area (TPSA) is 54.0 Å². The maximum Gasteiger partial charge on any atom is 0.223 e. The van der Waals surface area contributed by atoms with Gasteiger partial charge in [0.25, 0.3) is 0 Å². The fraction of sp³-hybridized carbons (Fsp3) is 0.455. The molecule has 5 heteroatoms. The Hall–Kier alpha value is -1.29. The lowest BCUT2D eigenvalue weighted by Crippen LogP contribution is -2.29. The van der Waals surface area contributed by atoms with Crippen molar-refractivity contribution in [3.63, 3.8) is 0 Å². The molecule has 0 aromatic carbocycles. The maximum absolute atomic E-state index is 11.3. The van der Waals surface area contributed by atoms with Gasteiger partial charge >= 0.3 is 0 Å². The van der Waals surface area contributed by atoms with Gasteiger partial charge in [-0.3, -0.25) is 4.79 Å². The van der Waals surface area contributed by atoms with Gasteiger partial charge in [0.15, 0.2) is 0 Å². The minimum Gasteiger partial charge on any atom is -0.368 e. The highest BCUT2D eigenvalue weighted by Gasteiger charge is 2.28. The molecule has 2 N–H and O–H groups in total. The normalized spacial score (nSPS) is 14.6. The Morgan fingerprint density at radius 2 is 2.25 bits per heavy atom. The first-order chi connectivity index (χ1) is 7.75. The molecular formula is C11H14ClN3O. The van der Waals surface area contributed by atoms with E-state index in [0.717, 1.165) is 18.7 Å². The molecule has 0 atom stereocenters. The third-order valence-electron chi connectivity index (χ3n) is 2.39. The highest BCUT2D eigenvalue weighted by Crippen LogP contribution is 2.28. The molecule has 0 bridgehead atoms. The van der Waals surface area contributed by atoms with Crippen molar-refractivity contribution in [2.75, 3.05) is 18.4 Å².